The average Bonchev–Trinajstić information content (AvgIpc) is 2.73. The van der Waals surface area contributed by atoms with Crippen molar-refractivity contribution in [2.45, 2.75) is 22.0 Å². The Kier molecular flexibility index (Phi) is 4.08. The molecule has 14 heavy (non-hydrogen) atoms. The molecule has 3 N–H and O–H groups in total. The van der Waals surface area contributed by atoms with Crippen molar-refractivity contribution in [1.82, 2.24) is 0 Å². The first-order valence-corrected chi connectivity index (χ1v) is 5.43. The van der Waals surface area contributed by atoms with Gasteiger partial charge < -0.3 is 20.1 Å². The molecule has 3 atom stereocenters. The Hall–Kier alpha value is 0.0500. The zero-order valence-electron chi connectivity index (χ0n) is 7.29. The second-order valence-electron chi connectivity index (χ2n) is 2.95. The van der Waals surface area contributed by atoms with Crippen molar-refractivity contribution < 1.29 is 24.9 Å². The lowest BCUT2D eigenvalue weighted by molar-refractivity contribution is -0.137. The van der Waals surface area contributed by atoms with Crippen LogP contribution in [0.3, 0.4) is 0 Å². The van der Waals surface area contributed by atoms with Gasteiger partial charge in [-0.25, -0.2) is 0 Å². The smallest absolute Gasteiger partial charge is 0.316 e. The van der Waals surface area contributed by atoms with Crippen LogP contribution in [0.5, 0.6) is 0 Å². The summed E-state index contributed by atoms with van der Waals surface area (Å²) in [6, 6.07) is 0. The number of carboxylic acid groups (broad SMARTS) is 1. The molecule has 0 saturated carbocycles. The number of ether oxygens (including phenoxy) is 1. The van der Waals surface area contributed by atoms with E-state index in [9.17, 15) is 9.90 Å². The summed E-state index contributed by atoms with van der Waals surface area (Å²) in [6.45, 7) is 0.0284. The standard InChI is InChI=1S/C7H12O5S2/c8-1-2-12-6-7(11,14-6)3-4(13)5(9)10/h4,6,8,11,13H,1-3H2,(H,9,10). The Balaban J connectivity index is 2.29. The summed E-state index contributed by atoms with van der Waals surface area (Å²) in [6.07, 6.45) is 0.0339. The average molecular weight is 240 g/mol. The van der Waals surface area contributed by atoms with Gasteiger partial charge in [0.1, 0.15) is 15.6 Å². The van der Waals surface area contributed by atoms with E-state index in [2.05, 4.69) is 12.6 Å². The molecule has 0 spiro atoms. The number of thioether (sulfide) groups is 1. The summed E-state index contributed by atoms with van der Waals surface area (Å²) in [4.78, 5) is 9.30. The SMILES string of the molecule is O=C(O)C(S)CC1(O)SC1OCCO. The van der Waals surface area contributed by atoms with Crippen molar-refractivity contribution >= 4 is 30.4 Å². The van der Waals surface area contributed by atoms with E-state index in [-0.39, 0.29) is 19.6 Å². The third-order valence-corrected chi connectivity index (χ3v) is 3.43. The Morgan fingerprint density at radius 3 is 2.86 bits per heavy atom. The Morgan fingerprint density at radius 1 is 1.71 bits per heavy atom. The Bertz CT molecular complexity index is 224. The fraction of sp³-hybridized carbons (Fsp3) is 0.857. The van der Waals surface area contributed by atoms with E-state index in [1.807, 2.05) is 0 Å². The molecular formula is C7H12O5S2. The van der Waals surface area contributed by atoms with E-state index in [1.54, 1.807) is 0 Å². The summed E-state index contributed by atoms with van der Waals surface area (Å²) in [5.41, 5.74) is -0.441. The molecule has 7 heteroatoms. The summed E-state index contributed by atoms with van der Waals surface area (Å²) in [5.74, 6) is -1.06. The molecule has 0 aromatic carbocycles. The topological polar surface area (TPSA) is 87.0 Å². The molecule has 0 amide bonds. The molecule has 1 rings (SSSR count). The molecule has 3 unspecified atom stereocenters. The fourth-order valence-electron chi connectivity index (χ4n) is 0.984. The third-order valence-electron chi connectivity index (χ3n) is 1.75. The van der Waals surface area contributed by atoms with Crippen molar-refractivity contribution in [2.24, 2.45) is 0 Å². The number of hydrogen-bond acceptors (Lipinski definition) is 6. The molecule has 0 radical (unpaired) electrons. The van der Waals surface area contributed by atoms with Gasteiger partial charge in [-0.3, -0.25) is 4.79 Å². The monoisotopic (exact) mass is 240 g/mol. The number of hydrogen-bond donors (Lipinski definition) is 4. The first kappa shape index (κ1) is 12.1. The van der Waals surface area contributed by atoms with Crippen LogP contribution in [0, 0.1) is 0 Å². The van der Waals surface area contributed by atoms with Gasteiger partial charge in [-0.1, -0.05) is 11.8 Å². The van der Waals surface area contributed by atoms with Crippen molar-refractivity contribution in [2.75, 3.05) is 13.2 Å². The molecule has 0 aromatic heterocycles. The van der Waals surface area contributed by atoms with Crippen molar-refractivity contribution in [3.8, 4) is 0 Å². The molecule has 1 aliphatic heterocycles. The highest BCUT2D eigenvalue weighted by Crippen LogP contribution is 2.55. The maximum Gasteiger partial charge on any atom is 0.316 e. The van der Waals surface area contributed by atoms with Gasteiger partial charge in [-0.05, 0) is 0 Å². The molecule has 1 fully saturated rings. The Labute approximate surface area is 90.9 Å². The van der Waals surface area contributed by atoms with Gasteiger partial charge in [0, 0.05) is 6.42 Å². The van der Waals surface area contributed by atoms with Crippen LogP contribution < -0.4 is 0 Å². The highest BCUT2D eigenvalue weighted by Gasteiger charge is 2.57. The van der Waals surface area contributed by atoms with Gasteiger partial charge >= 0.3 is 5.97 Å². The molecule has 0 bridgehead atoms. The highest BCUT2D eigenvalue weighted by atomic mass is 32.2. The number of rotatable bonds is 6. The first-order valence-electron chi connectivity index (χ1n) is 4.03. The number of thiol groups is 1. The van der Waals surface area contributed by atoms with Crippen LogP contribution in [0.2, 0.25) is 0 Å². The summed E-state index contributed by atoms with van der Waals surface area (Å²) >= 11 is 4.95. The second kappa shape index (κ2) is 4.71. The molecule has 5 nitrogen and oxygen atoms in total. The maximum atomic E-state index is 10.4. The van der Waals surface area contributed by atoms with E-state index < -0.39 is 21.6 Å². The van der Waals surface area contributed by atoms with Crippen LogP contribution in [0.15, 0.2) is 0 Å². The van der Waals surface area contributed by atoms with E-state index in [1.165, 1.54) is 0 Å². The van der Waals surface area contributed by atoms with Gasteiger partial charge in [-0.15, -0.1) is 0 Å². The summed E-state index contributed by atoms with van der Waals surface area (Å²) in [5, 5.41) is 25.8. The highest BCUT2D eigenvalue weighted by molar-refractivity contribution is 8.08. The van der Waals surface area contributed by atoms with Crippen LogP contribution in [-0.4, -0.2) is 50.1 Å². The van der Waals surface area contributed by atoms with Gasteiger partial charge in [0.05, 0.1) is 13.2 Å². The van der Waals surface area contributed by atoms with Gasteiger partial charge in [0.2, 0.25) is 0 Å². The van der Waals surface area contributed by atoms with Crippen LogP contribution in [0.25, 0.3) is 0 Å². The van der Waals surface area contributed by atoms with Crippen LogP contribution in [0.1, 0.15) is 6.42 Å². The number of carboxylic acids is 1. The minimum atomic E-state index is -1.15. The minimum absolute atomic E-state index is 0.0339. The van der Waals surface area contributed by atoms with Crippen LogP contribution >= 0.6 is 24.4 Å². The number of aliphatic hydroxyl groups is 2. The lowest BCUT2D eigenvalue weighted by Gasteiger charge is -2.10. The van der Waals surface area contributed by atoms with Gasteiger partial charge in [0.25, 0.3) is 0 Å². The maximum absolute atomic E-state index is 10.4. The predicted octanol–water partition coefficient (Wildman–Crippen LogP) is -0.470. The number of carbonyl (C=O) groups is 1. The lowest BCUT2D eigenvalue weighted by Crippen LogP contribution is -2.25. The normalized spacial score (nSPS) is 32.6. The molecule has 1 saturated heterocycles. The van der Waals surface area contributed by atoms with Crippen molar-refractivity contribution in [1.29, 1.82) is 0 Å². The van der Waals surface area contributed by atoms with Crippen LogP contribution in [0.4, 0.5) is 0 Å². The molecule has 0 aromatic rings. The molecule has 1 heterocycles. The van der Waals surface area contributed by atoms with Crippen LogP contribution in [-0.2, 0) is 9.53 Å². The van der Waals surface area contributed by atoms with Gasteiger partial charge in [-0.2, -0.15) is 12.6 Å². The molecule has 82 valence electrons. The molecule has 1 aliphatic rings. The Morgan fingerprint density at radius 2 is 2.36 bits per heavy atom. The van der Waals surface area contributed by atoms with Crippen molar-refractivity contribution in [3.63, 3.8) is 0 Å². The summed E-state index contributed by atoms with van der Waals surface area (Å²) in [7, 11) is 0. The first-order chi connectivity index (χ1) is 6.49. The largest absolute Gasteiger partial charge is 0.480 e. The molecular weight excluding hydrogens is 228 g/mol. The molecule has 0 aliphatic carbocycles. The summed E-state index contributed by atoms with van der Waals surface area (Å²) < 4.78 is 5.03. The van der Waals surface area contributed by atoms with E-state index in [0.29, 0.717) is 0 Å². The number of aliphatic carboxylic acids is 1. The van der Waals surface area contributed by atoms with Gasteiger partial charge in [0.15, 0.2) is 0 Å². The van der Waals surface area contributed by atoms with E-state index in [0.717, 1.165) is 11.8 Å². The minimum Gasteiger partial charge on any atom is -0.480 e. The number of aliphatic hydroxyl groups excluding tert-OH is 1. The second-order valence-corrected chi connectivity index (χ2v) is 4.94. The zero-order valence-corrected chi connectivity index (χ0v) is 9.00. The quantitative estimate of drug-likeness (QED) is 0.371. The van der Waals surface area contributed by atoms with E-state index >= 15 is 0 Å². The van der Waals surface area contributed by atoms with Crippen molar-refractivity contribution in [3.05, 3.63) is 0 Å². The zero-order chi connectivity index (χ0) is 10.8. The third kappa shape index (κ3) is 3.03. The van der Waals surface area contributed by atoms with E-state index in [4.69, 9.17) is 14.9 Å². The predicted molar refractivity (Wildman–Crippen MR) is 54.4 cm³/mol. The lowest BCUT2D eigenvalue weighted by atomic mass is 10.2. The fourth-order valence-corrected chi connectivity index (χ4v) is 2.28.